The maximum absolute atomic E-state index is 12.8. The minimum absolute atomic E-state index is 0.0621. The Morgan fingerprint density at radius 3 is 0.790 bits per heavy atom. The van der Waals surface area contributed by atoms with Gasteiger partial charge in [-0.3, -0.25) is 14.4 Å². The lowest BCUT2D eigenvalue weighted by Gasteiger charge is -2.18. The molecule has 0 spiro atoms. The highest BCUT2D eigenvalue weighted by Gasteiger charge is 2.19. The van der Waals surface area contributed by atoms with Gasteiger partial charge in [0.25, 0.3) is 0 Å². The van der Waals surface area contributed by atoms with Crippen molar-refractivity contribution < 1.29 is 28.6 Å². The number of carbonyl (C=O) groups excluding carboxylic acids is 3. The van der Waals surface area contributed by atoms with E-state index in [2.05, 4.69) is 27.7 Å². The Hall–Kier alpha value is -1.59. The second kappa shape index (κ2) is 50.4. The molecule has 6 nitrogen and oxygen atoms in total. The molecule has 0 aliphatic rings. The maximum atomic E-state index is 12.8. The highest BCUT2D eigenvalue weighted by molar-refractivity contribution is 5.71. The quantitative estimate of drug-likeness (QED) is 0.0344. The molecule has 6 heteroatoms. The van der Waals surface area contributed by atoms with E-state index in [1.165, 1.54) is 212 Å². The van der Waals surface area contributed by atoms with Gasteiger partial charge in [-0.2, -0.15) is 0 Å². The van der Waals surface area contributed by atoms with E-state index in [4.69, 9.17) is 14.2 Å². The van der Waals surface area contributed by atoms with Gasteiger partial charge in [0.2, 0.25) is 0 Å². The number of esters is 3. The Bertz CT molecular complexity index is 933. The zero-order chi connectivity index (χ0) is 45.2. The molecule has 0 saturated carbocycles. The molecule has 62 heavy (non-hydrogen) atoms. The van der Waals surface area contributed by atoms with Crippen LogP contribution in [-0.4, -0.2) is 37.2 Å². The van der Waals surface area contributed by atoms with Crippen LogP contribution in [0.1, 0.15) is 317 Å². The van der Waals surface area contributed by atoms with Crippen molar-refractivity contribution in [1.82, 2.24) is 0 Å². The summed E-state index contributed by atoms with van der Waals surface area (Å²) in [6, 6.07) is 0. The highest BCUT2D eigenvalue weighted by atomic mass is 16.6. The zero-order valence-electron chi connectivity index (χ0n) is 42.3. The van der Waals surface area contributed by atoms with Gasteiger partial charge in [0.15, 0.2) is 6.10 Å². The smallest absolute Gasteiger partial charge is 0.306 e. The zero-order valence-corrected chi connectivity index (χ0v) is 42.3. The summed E-state index contributed by atoms with van der Waals surface area (Å²) in [7, 11) is 0. The second-order valence-corrected chi connectivity index (χ2v) is 19.7. The maximum Gasteiger partial charge on any atom is 0.306 e. The van der Waals surface area contributed by atoms with E-state index < -0.39 is 6.10 Å². The van der Waals surface area contributed by atoms with Crippen molar-refractivity contribution >= 4 is 17.9 Å². The van der Waals surface area contributed by atoms with Crippen LogP contribution >= 0.6 is 0 Å². The van der Waals surface area contributed by atoms with Crippen LogP contribution < -0.4 is 0 Å². The van der Waals surface area contributed by atoms with Crippen LogP contribution in [0.2, 0.25) is 0 Å². The third-order valence-electron chi connectivity index (χ3n) is 12.8. The van der Waals surface area contributed by atoms with Gasteiger partial charge in [0.1, 0.15) is 13.2 Å². The van der Waals surface area contributed by atoms with Gasteiger partial charge in [-0.15, -0.1) is 0 Å². The molecule has 0 aromatic heterocycles. The largest absolute Gasteiger partial charge is 0.462 e. The lowest BCUT2D eigenvalue weighted by atomic mass is 10.0. The van der Waals surface area contributed by atoms with Gasteiger partial charge in [-0.1, -0.05) is 278 Å². The second-order valence-electron chi connectivity index (χ2n) is 19.7. The van der Waals surface area contributed by atoms with Crippen molar-refractivity contribution in [3.63, 3.8) is 0 Å². The number of unbranched alkanes of at least 4 members (excludes halogenated alkanes) is 38. The van der Waals surface area contributed by atoms with E-state index >= 15 is 0 Å². The molecule has 0 saturated heterocycles. The first-order chi connectivity index (χ1) is 30.4. The van der Waals surface area contributed by atoms with Gasteiger partial charge in [-0.05, 0) is 25.2 Å². The van der Waals surface area contributed by atoms with Crippen LogP contribution in [0.15, 0.2) is 0 Å². The molecule has 0 radical (unpaired) electrons. The summed E-state index contributed by atoms with van der Waals surface area (Å²) in [4.78, 5) is 38.0. The summed E-state index contributed by atoms with van der Waals surface area (Å²) in [5, 5.41) is 0. The Morgan fingerprint density at radius 1 is 0.306 bits per heavy atom. The number of rotatable bonds is 51. The molecule has 0 fully saturated rings. The third kappa shape index (κ3) is 49.4. The van der Waals surface area contributed by atoms with Crippen molar-refractivity contribution in [3.05, 3.63) is 0 Å². The van der Waals surface area contributed by atoms with Crippen molar-refractivity contribution in [3.8, 4) is 0 Å². The number of hydrogen-bond acceptors (Lipinski definition) is 6. The molecule has 0 aliphatic carbocycles. The number of ether oxygens (including phenoxy) is 3. The van der Waals surface area contributed by atoms with Crippen LogP contribution in [0.3, 0.4) is 0 Å². The van der Waals surface area contributed by atoms with Crippen LogP contribution in [-0.2, 0) is 28.6 Å². The molecule has 0 aromatic rings. The van der Waals surface area contributed by atoms with Crippen molar-refractivity contribution in [1.29, 1.82) is 0 Å². The molecule has 0 aliphatic heterocycles. The Labute approximate surface area is 387 Å². The topological polar surface area (TPSA) is 78.9 Å². The van der Waals surface area contributed by atoms with Crippen LogP contribution in [0.5, 0.6) is 0 Å². The minimum atomic E-state index is -0.760. The van der Waals surface area contributed by atoms with Gasteiger partial charge in [0.05, 0.1) is 0 Å². The summed E-state index contributed by atoms with van der Waals surface area (Å²) in [6.07, 6.45) is 53.8. The van der Waals surface area contributed by atoms with E-state index in [1.54, 1.807) is 0 Å². The van der Waals surface area contributed by atoms with Crippen LogP contribution in [0.25, 0.3) is 0 Å². The molecule has 0 heterocycles. The predicted molar refractivity (Wildman–Crippen MR) is 266 cm³/mol. The molecule has 0 N–H and O–H groups in total. The first-order valence-electron chi connectivity index (χ1n) is 27.9. The van der Waals surface area contributed by atoms with Crippen molar-refractivity contribution in [2.24, 2.45) is 5.92 Å². The van der Waals surface area contributed by atoms with Crippen molar-refractivity contribution in [2.75, 3.05) is 13.2 Å². The monoisotopic (exact) mass is 877 g/mol. The Balaban J connectivity index is 4.19. The fraction of sp³-hybridized carbons (Fsp3) is 0.946. The lowest BCUT2D eigenvalue weighted by Crippen LogP contribution is -2.30. The Morgan fingerprint density at radius 2 is 0.532 bits per heavy atom. The summed E-state index contributed by atoms with van der Waals surface area (Å²) < 4.78 is 16.8. The summed E-state index contributed by atoms with van der Waals surface area (Å²) in [6.45, 7) is 9.05. The minimum Gasteiger partial charge on any atom is -0.462 e. The fourth-order valence-electron chi connectivity index (χ4n) is 8.57. The molecule has 0 rings (SSSR count). The first-order valence-corrected chi connectivity index (χ1v) is 27.9. The van der Waals surface area contributed by atoms with Gasteiger partial charge >= 0.3 is 17.9 Å². The van der Waals surface area contributed by atoms with Crippen LogP contribution in [0.4, 0.5) is 0 Å². The van der Waals surface area contributed by atoms with Gasteiger partial charge < -0.3 is 14.2 Å². The van der Waals surface area contributed by atoms with Gasteiger partial charge in [-0.25, -0.2) is 0 Å². The number of hydrogen-bond donors (Lipinski definition) is 0. The molecular weight excluding hydrogens is 769 g/mol. The van der Waals surface area contributed by atoms with Gasteiger partial charge in [0, 0.05) is 19.3 Å². The molecular formula is C56H108O6. The van der Waals surface area contributed by atoms with E-state index in [9.17, 15) is 14.4 Å². The molecule has 0 aromatic carbocycles. The van der Waals surface area contributed by atoms with E-state index in [0.717, 1.165) is 63.7 Å². The molecule has 1 atom stereocenters. The summed E-state index contributed by atoms with van der Waals surface area (Å²) >= 11 is 0. The molecule has 0 amide bonds. The Kier molecular flexibility index (Phi) is 49.1. The molecule has 368 valence electrons. The third-order valence-corrected chi connectivity index (χ3v) is 12.8. The molecule has 0 bridgehead atoms. The van der Waals surface area contributed by atoms with Crippen molar-refractivity contribution in [2.45, 2.75) is 323 Å². The standard InChI is InChI=1S/C56H108O6/c1-5-7-9-11-13-15-17-24-29-33-37-41-45-49-56(59)62-53(50-60-54(57)47-43-39-35-31-16-14-12-10-8-6-2)51-61-55(58)48-44-40-36-32-28-26-23-21-19-18-20-22-25-27-30-34-38-42-46-52(3)4/h52-53H,5-51H2,1-4H3/t53-/m0/s1. The predicted octanol–water partition coefficient (Wildman–Crippen LogP) is 18.2. The fourth-order valence-corrected chi connectivity index (χ4v) is 8.57. The van der Waals surface area contributed by atoms with E-state index in [0.29, 0.717) is 19.3 Å². The summed E-state index contributed by atoms with van der Waals surface area (Å²) in [5.74, 6) is 0.0186. The SMILES string of the molecule is CCCCCCCCCCCCCCCC(=O)O[C@@H](COC(=O)CCCCCCCCCCCC)COC(=O)CCCCCCCCCCCCCCCCCCCCC(C)C. The number of carbonyl (C=O) groups is 3. The summed E-state index contributed by atoms with van der Waals surface area (Å²) in [5.41, 5.74) is 0. The van der Waals surface area contributed by atoms with Crippen LogP contribution in [0, 0.1) is 5.92 Å². The van der Waals surface area contributed by atoms with E-state index in [-0.39, 0.29) is 31.1 Å². The average molecular weight is 877 g/mol. The average Bonchev–Trinajstić information content (AvgIpc) is 3.26. The normalized spacial score (nSPS) is 12.0. The molecule has 0 unspecified atom stereocenters. The first kappa shape index (κ1) is 60.4. The van der Waals surface area contributed by atoms with E-state index in [1.807, 2.05) is 0 Å². The highest BCUT2D eigenvalue weighted by Crippen LogP contribution is 2.18. The lowest BCUT2D eigenvalue weighted by molar-refractivity contribution is -0.167.